The first-order valence-electron chi connectivity index (χ1n) is 6.31. The average Bonchev–Trinajstić information content (AvgIpc) is 2.91. The van der Waals surface area contributed by atoms with Crippen molar-refractivity contribution < 1.29 is 4.39 Å². The Morgan fingerprint density at radius 1 is 1.19 bits per heavy atom. The van der Waals surface area contributed by atoms with Gasteiger partial charge in [-0.1, -0.05) is 23.7 Å². The summed E-state index contributed by atoms with van der Waals surface area (Å²) >= 11 is 5.88. The Balaban J connectivity index is 1.87. The van der Waals surface area contributed by atoms with E-state index in [-0.39, 0.29) is 12.4 Å². The van der Waals surface area contributed by atoms with Crippen molar-refractivity contribution in [3.05, 3.63) is 65.2 Å². The number of nitrogens with zero attached hydrogens (tertiary/aromatic N) is 3. The molecule has 2 aromatic carbocycles. The second-order valence-electron chi connectivity index (χ2n) is 4.63. The highest BCUT2D eigenvalue weighted by atomic mass is 35.5. The normalized spacial score (nSPS) is 10.8. The van der Waals surface area contributed by atoms with E-state index in [1.54, 1.807) is 29.2 Å². The molecule has 6 heteroatoms. The summed E-state index contributed by atoms with van der Waals surface area (Å²) in [6.45, 7) is 0.266. The van der Waals surface area contributed by atoms with E-state index in [1.165, 1.54) is 12.1 Å². The number of hydrogen-bond acceptors (Lipinski definition) is 3. The van der Waals surface area contributed by atoms with Crippen molar-refractivity contribution in [2.45, 2.75) is 6.54 Å². The van der Waals surface area contributed by atoms with Crippen molar-refractivity contribution in [2.24, 2.45) is 0 Å². The second-order valence-corrected chi connectivity index (χ2v) is 5.06. The lowest BCUT2D eigenvalue weighted by Crippen LogP contribution is -2.02. The predicted molar refractivity (Wildman–Crippen MR) is 80.4 cm³/mol. The number of anilines is 1. The molecule has 0 aliphatic carbocycles. The van der Waals surface area contributed by atoms with E-state index in [4.69, 9.17) is 17.3 Å². The van der Waals surface area contributed by atoms with Crippen LogP contribution in [0.15, 0.2) is 48.8 Å². The molecule has 0 saturated heterocycles. The Bertz CT molecular complexity index is 785. The van der Waals surface area contributed by atoms with Gasteiger partial charge in [-0.15, -0.1) is 0 Å². The molecule has 0 unspecified atom stereocenters. The highest BCUT2D eigenvalue weighted by molar-refractivity contribution is 6.30. The third-order valence-corrected chi connectivity index (χ3v) is 3.26. The van der Waals surface area contributed by atoms with E-state index in [1.807, 2.05) is 12.1 Å². The van der Waals surface area contributed by atoms with Gasteiger partial charge in [-0.2, -0.15) is 5.10 Å². The van der Waals surface area contributed by atoms with E-state index >= 15 is 0 Å². The minimum Gasteiger partial charge on any atom is -0.399 e. The first kappa shape index (κ1) is 13.6. The van der Waals surface area contributed by atoms with Crippen LogP contribution in [-0.4, -0.2) is 14.8 Å². The van der Waals surface area contributed by atoms with Crippen LogP contribution < -0.4 is 5.73 Å². The zero-order valence-corrected chi connectivity index (χ0v) is 11.8. The van der Waals surface area contributed by atoms with Gasteiger partial charge < -0.3 is 5.73 Å². The molecular weight excluding hydrogens is 291 g/mol. The van der Waals surface area contributed by atoms with Crippen LogP contribution in [0.3, 0.4) is 0 Å². The summed E-state index contributed by atoms with van der Waals surface area (Å²) in [4.78, 5) is 4.22. The lowest BCUT2D eigenvalue weighted by molar-refractivity contribution is 0.585. The van der Waals surface area contributed by atoms with Gasteiger partial charge >= 0.3 is 0 Å². The number of rotatable bonds is 3. The molecule has 0 bridgehead atoms. The van der Waals surface area contributed by atoms with Gasteiger partial charge in [0.05, 0.1) is 6.54 Å². The van der Waals surface area contributed by atoms with Crippen molar-refractivity contribution in [1.82, 2.24) is 14.8 Å². The zero-order valence-electron chi connectivity index (χ0n) is 11.0. The van der Waals surface area contributed by atoms with Crippen molar-refractivity contribution in [3.63, 3.8) is 0 Å². The average molecular weight is 303 g/mol. The Morgan fingerprint density at radius 2 is 2.05 bits per heavy atom. The molecule has 0 aliphatic heterocycles. The van der Waals surface area contributed by atoms with Gasteiger partial charge in [0, 0.05) is 21.8 Å². The summed E-state index contributed by atoms with van der Waals surface area (Å²) < 4.78 is 15.3. The smallest absolute Gasteiger partial charge is 0.181 e. The maximum atomic E-state index is 13.7. The highest BCUT2D eigenvalue weighted by Gasteiger charge is 2.08. The molecule has 1 heterocycles. The van der Waals surface area contributed by atoms with Crippen molar-refractivity contribution >= 4 is 17.3 Å². The molecule has 4 nitrogen and oxygen atoms in total. The van der Waals surface area contributed by atoms with Crippen LogP contribution in [0.1, 0.15) is 5.56 Å². The molecule has 0 radical (unpaired) electrons. The standard InChI is InChI=1S/C15H12ClFN4/c16-12-4-5-14(17)11(6-12)8-21-9-19-15(20-21)10-2-1-3-13(18)7-10/h1-7,9H,8,18H2. The number of nitrogens with two attached hydrogens (primary N) is 1. The van der Waals surface area contributed by atoms with Crippen LogP contribution in [-0.2, 0) is 6.54 Å². The van der Waals surface area contributed by atoms with Crippen LogP contribution >= 0.6 is 11.6 Å². The van der Waals surface area contributed by atoms with Crippen LogP contribution in [0.25, 0.3) is 11.4 Å². The largest absolute Gasteiger partial charge is 0.399 e. The predicted octanol–water partition coefficient (Wildman–Crippen LogP) is 3.37. The molecule has 0 aliphatic rings. The maximum Gasteiger partial charge on any atom is 0.181 e. The minimum atomic E-state index is -0.319. The second kappa shape index (κ2) is 5.54. The van der Waals surface area contributed by atoms with Gasteiger partial charge in [-0.05, 0) is 30.3 Å². The first-order chi connectivity index (χ1) is 10.1. The fourth-order valence-electron chi connectivity index (χ4n) is 2.02. The van der Waals surface area contributed by atoms with E-state index < -0.39 is 0 Å². The summed E-state index contributed by atoms with van der Waals surface area (Å²) in [5.41, 5.74) is 7.66. The lowest BCUT2D eigenvalue weighted by Gasteiger charge is -2.03. The fourth-order valence-corrected chi connectivity index (χ4v) is 2.21. The van der Waals surface area contributed by atoms with Crippen molar-refractivity contribution in [2.75, 3.05) is 5.73 Å². The molecule has 3 aromatic rings. The Labute approximate surface area is 126 Å². The van der Waals surface area contributed by atoms with Crippen LogP contribution in [0, 0.1) is 5.82 Å². The van der Waals surface area contributed by atoms with Crippen molar-refractivity contribution in [1.29, 1.82) is 0 Å². The summed E-state index contributed by atoms with van der Waals surface area (Å²) in [5, 5.41) is 4.82. The Morgan fingerprint density at radius 3 is 2.86 bits per heavy atom. The van der Waals surface area contributed by atoms with Gasteiger partial charge in [0.2, 0.25) is 0 Å². The van der Waals surface area contributed by atoms with Gasteiger partial charge in [0.1, 0.15) is 12.1 Å². The molecule has 0 fully saturated rings. The quantitative estimate of drug-likeness (QED) is 0.755. The molecule has 0 amide bonds. The number of benzene rings is 2. The first-order valence-corrected chi connectivity index (χ1v) is 6.69. The van der Waals surface area contributed by atoms with E-state index in [0.717, 1.165) is 5.56 Å². The van der Waals surface area contributed by atoms with Crippen LogP contribution in [0.2, 0.25) is 5.02 Å². The lowest BCUT2D eigenvalue weighted by atomic mass is 10.2. The maximum absolute atomic E-state index is 13.7. The Kier molecular flexibility index (Phi) is 3.58. The van der Waals surface area contributed by atoms with E-state index in [0.29, 0.717) is 22.1 Å². The molecule has 21 heavy (non-hydrogen) atoms. The van der Waals surface area contributed by atoms with E-state index in [9.17, 15) is 4.39 Å². The van der Waals surface area contributed by atoms with Crippen LogP contribution in [0.5, 0.6) is 0 Å². The number of nitrogen functional groups attached to an aromatic ring is 1. The molecule has 106 valence electrons. The third kappa shape index (κ3) is 3.03. The van der Waals surface area contributed by atoms with Crippen LogP contribution in [0.4, 0.5) is 10.1 Å². The SMILES string of the molecule is Nc1cccc(-c2ncn(Cc3cc(Cl)ccc3F)n2)c1. The monoisotopic (exact) mass is 302 g/mol. The topological polar surface area (TPSA) is 56.7 Å². The molecular formula is C15H12ClFN4. The summed E-state index contributed by atoms with van der Waals surface area (Å²) in [7, 11) is 0. The molecule has 2 N–H and O–H groups in total. The number of halogens is 2. The zero-order chi connectivity index (χ0) is 14.8. The highest BCUT2D eigenvalue weighted by Crippen LogP contribution is 2.19. The summed E-state index contributed by atoms with van der Waals surface area (Å²) in [5.74, 6) is 0.227. The van der Waals surface area contributed by atoms with E-state index in [2.05, 4.69) is 10.1 Å². The minimum absolute atomic E-state index is 0.266. The number of hydrogen-bond donors (Lipinski definition) is 1. The summed E-state index contributed by atoms with van der Waals surface area (Å²) in [6.07, 6.45) is 1.55. The van der Waals surface area contributed by atoms with Gasteiger partial charge in [0.15, 0.2) is 5.82 Å². The molecule has 0 atom stereocenters. The van der Waals surface area contributed by atoms with Gasteiger partial charge in [-0.3, -0.25) is 0 Å². The Hall–Kier alpha value is -2.40. The number of aromatic nitrogens is 3. The molecule has 0 saturated carbocycles. The molecule has 3 rings (SSSR count). The fraction of sp³-hybridized carbons (Fsp3) is 0.0667. The van der Waals surface area contributed by atoms with Gasteiger partial charge in [-0.25, -0.2) is 14.1 Å². The third-order valence-electron chi connectivity index (χ3n) is 3.02. The summed E-state index contributed by atoms with van der Waals surface area (Å²) in [6, 6.07) is 11.7. The molecule has 1 aromatic heterocycles. The molecule has 0 spiro atoms. The van der Waals surface area contributed by atoms with Gasteiger partial charge in [0.25, 0.3) is 0 Å². The van der Waals surface area contributed by atoms with Crippen molar-refractivity contribution in [3.8, 4) is 11.4 Å².